The number of halogens is 1. The zero-order chi connectivity index (χ0) is 14.4. The number of hydrogen-bond acceptors (Lipinski definition) is 4. The van der Waals surface area contributed by atoms with Crippen LogP contribution in [-0.2, 0) is 13.1 Å². The van der Waals surface area contributed by atoms with E-state index >= 15 is 0 Å². The number of nitrogens with one attached hydrogen (secondary N) is 1. The minimum atomic E-state index is 0.609. The molecular formula is C15H20ClN3O. The molecule has 1 N–H and O–H groups in total. The molecule has 0 atom stereocenters. The van der Waals surface area contributed by atoms with Crippen molar-refractivity contribution in [1.29, 1.82) is 0 Å². The molecule has 2 rings (SSSR count). The summed E-state index contributed by atoms with van der Waals surface area (Å²) < 4.78 is 5.50. The van der Waals surface area contributed by atoms with Crippen molar-refractivity contribution in [3.63, 3.8) is 0 Å². The topological polar surface area (TPSA) is 41.3 Å². The van der Waals surface area contributed by atoms with Gasteiger partial charge in [-0.1, -0.05) is 36.7 Å². The van der Waals surface area contributed by atoms with Gasteiger partial charge in [-0.05, 0) is 24.6 Å². The summed E-state index contributed by atoms with van der Waals surface area (Å²) in [5.74, 6) is 0. The lowest BCUT2D eigenvalue weighted by Gasteiger charge is -2.15. The van der Waals surface area contributed by atoms with Gasteiger partial charge in [-0.3, -0.25) is 0 Å². The normalized spacial score (nSPS) is 10.8. The number of aromatic nitrogens is 1. The van der Waals surface area contributed by atoms with Crippen LogP contribution in [0.2, 0.25) is 5.02 Å². The lowest BCUT2D eigenvalue weighted by atomic mass is 10.2. The fourth-order valence-electron chi connectivity index (χ4n) is 1.90. The summed E-state index contributed by atoms with van der Waals surface area (Å²) in [6.45, 7) is 4.52. The highest BCUT2D eigenvalue weighted by molar-refractivity contribution is 6.31. The third kappa shape index (κ3) is 3.99. The molecule has 0 spiro atoms. The molecule has 2 aromatic rings. The SMILES string of the molecule is CCCNCc1coc(N(C)Cc2ccccc2Cl)n1. The van der Waals surface area contributed by atoms with E-state index in [1.807, 2.05) is 36.2 Å². The van der Waals surface area contributed by atoms with Gasteiger partial charge >= 0.3 is 0 Å². The van der Waals surface area contributed by atoms with Crippen molar-refractivity contribution in [2.45, 2.75) is 26.4 Å². The molecule has 1 heterocycles. The van der Waals surface area contributed by atoms with E-state index in [-0.39, 0.29) is 0 Å². The molecule has 1 aromatic heterocycles. The summed E-state index contributed by atoms with van der Waals surface area (Å²) in [5.41, 5.74) is 1.97. The zero-order valence-corrected chi connectivity index (χ0v) is 12.7. The fraction of sp³-hybridized carbons (Fsp3) is 0.400. The number of hydrogen-bond donors (Lipinski definition) is 1. The number of benzene rings is 1. The molecule has 20 heavy (non-hydrogen) atoms. The van der Waals surface area contributed by atoms with E-state index < -0.39 is 0 Å². The van der Waals surface area contributed by atoms with Gasteiger partial charge in [0.15, 0.2) is 0 Å². The second-order valence-electron chi connectivity index (χ2n) is 4.75. The summed E-state index contributed by atoms with van der Waals surface area (Å²) in [6.07, 6.45) is 2.80. The molecule has 0 aliphatic carbocycles. The quantitative estimate of drug-likeness (QED) is 0.794. The average Bonchev–Trinajstić information content (AvgIpc) is 2.91. The summed E-state index contributed by atoms with van der Waals surface area (Å²) in [7, 11) is 1.94. The van der Waals surface area contributed by atoms with Gasteiger partial charge in [-0.2, -0.15) is 4.98 Å². The molecule has 0 bridgehead atoms. The maximum atomic E-state index is 6.16. The van der Waals surface area contributed by atoms with E-state index in [1.165, 1.54) is 0 Å². The van der Waals surface area contributed by atoms with Crippen LogP contribution >= 0.6 is 11.6 Å². The van der Waals surface area contributed by atoms with Crippen LogP contribution in [0.1, 0.15) is 24.6 Å². The van der Waals surface area contributed by atoms with Crippen molar-refractivity contribution < 1.29 is 4.42 Å². The molecule has 0 aliphatic heterocycles. The molecule has 0 unspecified atom stereocenters. The van der Waals surface area contributed by atoms with Crippen LogP contribution in [-0.4, -0.2) is 18.6 Å². The van der Waals surface area contributed by atoms with Crippen LogP contribution < -0.4 is 10.2 Å². The molecule has 0 saturated carbocycles. The van der Waals surface area contributed by atoms with Crippen molar-refractivity contribution in [2.75, 3.05) is 18.5 Å². The maximum Gasteiger partial charge on any atom is 0.297 e. The summed E-state index contributed by atoms with van der Waals surface area (Å²) in [6, 6.07) is 8.41. The Morgan fingerprint density at radius 3 is 2.90 bits per heavy atom. The largest absolute Gasteiger partial charge is 0.432 e. The highest BCUT2D eigenvalue weighted by Crippen LogP contribution is 2.20. The maximum absolute atomic E-state index is 6.16. The van der Waals surface area contributed by atoms with Crippen LogP contribution in [0.25, 0.3) is 0 Å². The number of rotatable bonds is 7. The van der Waals surface area contributed by atoms with E-state index in [9.17, 15) is 0 Å². The minimum absolute atomic E-state index is 0.609. The molecule has 0 fully saturated rings. The van der Waals surface area contributed by atoms with E-state index in [0.29, 0.717) is 12.6 Å². The molecule has 0 amide bonds. The summed E-state index contributed by atoms with van der Waals surface area (Å²) in [5, 5.41) is 4.06. The molecule has 0 saturated heterocycles. The molecular weight excluding hydrogens is 274 g/mol. The van der Waals surface area contributed by atoms with E-state index in [1.54, 1.807) is 6.26 Å². The lowest BCUT2D eigenvalue weighted by Crippen LogP contribution is -2.18. The molecule has 108 valence electrons. The highest BCUT2D eigenvalue weighted by Gasteiger charge is 2.10. The predicted octanol–water partition coefficient (Wildman–Crippen LogP) is 3.46. The van der Waals surface area contributed by atoms with Crippen molar-refractivity contribution in [3.05, 3.63) is 46.8 Å². The lowest BCUT2D eigenvalue weighted by molar-refractivity contribution is 0.542. The number of oxazole rings is 1. The summed E-state index contributed by atoms with van der Waals surface area (Å²) in [4.78, 5) is 6.41. The standard InChI is InChI=1S/C15H20ClN3O/c1-3-8-17-9-13-11-20-15(18-13)19(2)10-12-6-4-5-7-14(12)16/h4-7,11,17H,3,8-10H2,1-2H3. The molecule has 5 heteroatoms. The Morgan fingerprint density at radius 2 is 2.15 bits per heavy atom. The van der Waals surface area contributed by atoms with E-state index in [0.717, 1.165) is 35.8 Å². The first-order chi connectivity index (χ1) is 9.70. The average molecular weight is 294 g/mol. The Balaban J connectivity index is 1.96. The monoisotopic (exact) mass is 293 g/mol. The Hall–Kier alpha value is -1.52. The van der Waals surface area contributed by atoms with Crippen molar-refractivity contribution in [1.82, 2.24) is 10.3 Å². The van der Waals surface area contributed by atoms with Crippen LogP contribution in [0.5, 0.6) is 0 Å². The van der Waals surface area contributed by atoms with Gasteiger partial charge in [0, 0.05) is 25.2 Å². The third-order valence-corrected chi connectivity index (χ3v) is 3.33. The van der Waals surface area contributed by atoms with Crippen LogP contribution in [0.15, 0.2) is 34.9 Å². The minimum Gasteiger partial charge on any atom is -0.432 e. The van der Waals surface area contributed by atoms with Gasteiger partial charge in [0.1, 0.15) is 6.26 Å². The van der Waals surface area contributed by atoms with Gasteiger partial charge in [-0.25, -0.2) is 0 Å². The van der Waals surface area contributed by atoms with Gasteiger partial charge < -0.3 is 14.6 Å². The van der Waals surface area contributed by atoms with Crippen LogP contribution in [0.4, 0.5) is 6.01 Å². The van der Waals surface area contributed by atoms with E-state index in [2.05, 4.69) is 17.2 Å². The summed E-state index contributed by atoms with van der Waals surface area (Å²) >= 11 is 6.16. The van der Waals surface area contributed by atoms with E-state index in [4.69, 9.17) is 16.0 Å². The van der Waals surface area contributed by atoms with Crippen molar-refractivity contribution in [2.24, 2.45) is 0 Å². The first-order valence-corrected chi connectivity index (χ1v) is 7.18. The molecule has 0 radical (unpaired) electrons. The molecule has 0 aliphatic rings. The number of nitrogens with zero attached hydrogens (tertiary/aromatic N) is 2. The first kappa shape index (κ1) is 14.9. The van der Waals surface area contributed by atoms with Crippen molar-refractivity contribution in [3.8, 4) is 0 Å². The second-order valence-corrected chi connectivity index (χ2v) is 5.15. The Kier molecular flexibility index (Phi) is 5.44. The smallest absolute Gasteiger partial charge is 0.297 e. The first-order valence-electron chi connectivity index (χ1n) is 6.80. The Labute approximate surface area is 124 Å². The highest BCUT2D eigenvalue weighted by atomic mass is 35.5. The fourth-order valence-corrected chi connectivity index (χ4v) is 2.09. The molecule has 4 nitrogen and oxygen atoms in total. The van der Waals surface area contributed by atoms with Crippen LogP contribution in [0.3, 0.4) is 0 Å². The second kappa shape index (κ2) is 7.31. The Morgan fingerprint density at radius 1 is 1.35 bits per heavy atom. The van der Waals surface area contributed by atoms with Gasteiger partial charge in [0.2, 0.25) is 0 Å². The Bertz CT molecular complexity index is 541. The van der Waals surface area contributed by atoms with Crippen molar-refractivity contribution >= 4 is 17.6 Å². The molecule has 1 aromatic carbocycles. The predicted molar refractivity (Wildman–Crippen MR) is 82.1 cm³/mol. The van der Waals surface area contributed by atoms with Gasteiger partial charge in [-0.15, -0.1) is 0 Å². The zero-order valence-electron chi connectivity index (χ0n) is 11.9. The van der Waals surface area contributed by atoms with Gasteiger partial charge in [0.25, 0.3) is 6.01 Å². The third-order valence-electron chi connectivity index (χ3n) is 2.96. The van der Waals surface area contributed by atoms with Gasteiger partial charge in [0.05, 0.1) is 5.69 Å². The number of anilines is 1. The van der Waals surface area contributed by atoms with Crippen LogP contribution in [0, 0.1) is 0 Å².